The van der Waals surface area contributed by atoms with Gasteiger partial charge in [-0.05, 0) is 52.2 Å². The molecule has 2 aliphatic heterocycles. The third-order valence-corrected chi connectivity index (χ3v) is 5.02. The number of ether oxygens (including phenoxy) is 1. The van der Waals surface area contributed by atoms with Crippen LogP contribution in [0.2, 0.25) is 0 Å². The van der Waals surface area contributed by atoms with Gasteiger partial charge in [-0.1, -0.05) is 6.07 Å². The number of likely N-dealkylation sites (tertiary alicyclic amines) is 1. The van der Waals surface area contributed by atoms with Gasteiger partial charge in [-0.25, -0.2) is 9.18 Å². The lowest BCUT2D eigenvalue weighted by molar-refractivity contribution is -0.0541. The average molecular weight is 335 g/mol. The summed E-state index contributed by atoms with van der Waals surface area (Å²) in [6.45, 7) is 7.73. The molecule has 1 amide bonds. The third kappa shape index (κ3) is 3.01. The highest BCUT2D eigenvalue weighted by Gasteiger charge is 2.50. The minimum atomic E-state index is -0.490. The van der Waals surface area contributed by atoms with Gasteiger partial charge in [0.25, 0.3) is 0 Å². The zero-order valence-corrected chi connectivity index (χ0v) is 14.6. The Labute approximate surface area is 142 Å². The predicted octanol–water partition coefficient (Wildman–Crippen LogP) is 3.39. The minimum Gasteiger partial charge on any atom is -0.444 e. The number of rotatable bonds is 1. The highest BCUT2D eigenvalue weighted by molar-refractivity contribution is 5.71. The number of hydrogen-bond acceptors (Lipinski definition) is 4. The van der Waals surface area contributed by atoms with Crippen LogP contribution in [0.15, 0.2) is 18.2 Å². The number of hydrogen-bond donors (Lipinski definition) is 1. The fourth-order valence-electron chi connectivity index (χ4n) is 3.67. The molecule has 3 rings (SSSR count). The van der Waals surface area contributed by atoms with Gasteiger partial charge in [0.1, 0.15) is 11.4 Å². The van der Waals surface area contributed by atoms with E-state index in [1.165, 1.54) is 6.07 Å². The standard InChI is InChI=1S/C18H26FN3O2/c1-17(2,3)24-16(23)22-12-9-18(22)7-10-21(11-8-18)15-13(19)5-4-6-14(15)20/h4-6H,7-12,20H2,1-3H3. The Kier molecular flexibility index (Phi) is 4.10. The van der Waals surface area contributed by atoms with E-state index in [4.69, 9.17) is 10.5 Å². The molecular weight excluding hydrogens is 309 g/mol. The van der Waals surface area contributed by atoms with Gasteiger partial charge in [-0.2, -0.15) is 0 Å². The second kappa shape index (κ2) is 5.83. The summed E-state index contributed by atoms with van der Waals surface area (Å²) in [5.74, 6) is -0.288. The lowest BCUT2D eigenvalue weighted by atomic mass is 9.76. The molecule has 2 fully saturated rings. The number of halogens is 1. The van der Waals surface area contributed by atoms with Gasteiger partial charge in [0.05, 0.1) is 16.9 Å². The Balaban J connectivity index is 1.68. The number of carbonyl (C=O) groups is 1. The van der Waals surface area contributed by atoms with E-state index in [1.807, 2.05) is 30.6 Å². The van der Waals surface area contributed by atoms with Crippen molar-refractivity contribution in [1.82, 2.24) is 4.90 Å². The van der Waals surface area contributed by atoms with Crippen LogP contribution in [0.5, 0.6) is 0 Å². The monoisotopic (exact) mass is 335 g/mol. The summed E-state index contributed by atoms with van der Waals surface area (Å²) in [4.78, 5) is 16.2. The van der Waals surface area contributed by atoms with E-state index in [1.54, 1.807) is 12.1 Å². The smallest absolute Gasteiger partial charge is 0.410 e. The number of amides is 1. The minimum absolute atomic E-state index is 0.140. The van der Waals surface area contributed by atoms with Crippen LogP contribution in [0.4, 0.5) is 20.6 Å². The van der Waals surface area contributed by atoms with Gasteiger partial charge in [-0.3, -0.25) is 0 Å². The Morgan fingerprint density at radius 1 is 1.21 bits per heavy atom. The number of benzene rings is 1. The highest BCUT2D eigenvalue weighted by Crippen LogP contribution is 2.42. The fourth-order valence-corrected chi connectivity index (χ4v) is 3.67. The molecule has 1 aromatic carbocycles. The number of para-hydroxylation sites is 1. The van der Waals surface area contributed by atoms with Crippen molar-refractivity contribution in [2.45, 2.75) is 51.2 Å². The van der Waals surface area contributed by atoms with Crippen LogP contribution in [-0.4, -0.2) is 41.8 Å². The molecule has 0 aliphatic carbocycles. The number of piperidine rings is 1. The molecule has 2 heterocycles. The zero-order chi connectivity index (χ0) is 17.5. The molecule has 0 atom stereocenters. The third-order valence-electron chi connectivity index (χ3n) is 5.02. The second-order valence-electron chi connectivity index (χ2n) is 7.77. The van der Waals surface area contributed by atoms with E-state index in [2.05, 4.69) is 0 Å². The summed E-state index contributed by atoms with van der Waals surface area (Å²) in [6, 6.07) is 4.78. The van der Waals surface area contributed by atoms with Crippen molar-refractivity contribution < 1.29 is 13.9 Å². The summed E-state index contributed by atoms with van der Waals surface area (Å²) in [6.07, 6.45) is 2.35. The number of carbonyl (C=O) groups excluding carboxylic acids is 1. The molecule has 24 heavy (non-hydrogen) atoms. The molecule has 6 heteroatoms. The average Bonchev–Trinajstić information content (AvgIpc) is 2.44. The highest BCUT2D eigenvalue weighted by atomic mass is 19.1. The van der Waals surface area contributed by atoms with Gasteiger partial charge in [0.15, 0.2) is 0 Å². The van der Waals surface area contributed by atoms with Crippen molar-refractivity contribution >= 4 is 17.5 Å². The first-order valence-corrected chi connectivity index (χ1v) is 8.51. The molecule has 132 valence electrons. The first-order chi connectivity index (χ1) is 11.2. The number of anilines is 2. The lowest BCUT2D eigenvalue weighted by Gasteiger charge is -2.56. The first-order valence-electron chi connectivity index (χ1n) is 8.51. The Hall–Kier alpha value is -1.98. The summed E-state index contributed by atoms with van der Waals surface area (Å²) in [5, 5.41) is 0. The lowest BCUT2D eigenvalue weighted by Crippen LogP contribution is -2.66. The Bertz CT molecular complexity index is 613. The fraction of sp³-hybridized carbons (Fsp3) is 0.611. The molecule has 1 aromatic rings. The van der Waals surface area contributed by atoms with Crippen LogP contribution in [0.3, 0.4) is 0 Å². The molecule has 0 bridgehead atoms. The molecule has 2 saturated heterocycles. The summed E-state index contributed by atoms with van der Waals surface area (Å²) in [7, 11) is 0. The van der Waals surface area contributed by atoms with Gasteiger partial charge < -0.3 is 20.3 Å². The summed E-state index contributed by atoms with van der Waals surface area (Å²) >= 11 is 0. The van der Waals surface area contributed by atoms with E-state index in [0.717, 1.165) is 25.8 Å². The van der Waals surface area contributed by atoms with Crippen molar-refractivity contribution in [2.24, 2.45) is 0 Å². The van der Waals surface area contributed by atoms with E-state index in [9.17, 15) is 9.18 Å². The molecule has 0 radical (unpaired) electrons. The molecule has 5 nitrogen and oxygen atoms in total. The molecule has 1 spiro atoms. The summed E-state index contributed by atoms with van der Waals surface area (Å²) in [5.41, 5.74) is 6.26. The van der Waals surface area contributed by atoms with Crippen molar-refractivity contribution in [3.05, 3.63) is 24.0 Å². The van der Waals surface area contributed by atoms with Gasteiger partial charge in [0.2, 0.25) is 0 Å². The number of nitrogen functional groups attached to an aromatic ring is 1. The van der Waals surface area contributed by atoms with E-state index >= 15 is 0 Å². The second-order valence-corrected chi connectivity index (χ2v) is 7.77. The van der Waals surface area contributed by atoms with Crippen molar-refractivity contribution in [2.75, 3.05) is 30.3 Å². The van der Waals surface area contributed by atoms with Crippen LogP contribution >= 0.6 is 0 Å². The maximum absolute atomic E-state index is 14.1. The molecule has 0 unspecified atom stereocenters. The van der Waals surface area contributed by atoms with Crippen LogP contribution in [0.25, 0.3) is 0 Å². The predicted molar refractivity (Wildman–Crippen MR) is 92.5 cm³/mol. The quantitative estimate of drug-likeness (QED) is 0.799. The van der Waals surface area contributed by atoms with Crippen molar-refractivity contribution in [3.63, 3.8) is 0 Å². The largest absolute Gasteiger partial charge is 0.444 e. The van der Waals surface area contributed by atoms with Crippen molar-refractivity contribution in [3.8, 4) is 0 Å². The Morgan fingerprint density at radius 2 is 1.83 bits per heavy atom. The molecule has 0 saturated carbocycles. The molecule has 2 aliphatic rings. The van der Waals surface area contributed by atoms with Gasteiger partial charge >= 0.3 is 6.09 Å². The van der Waals surface area contributed by atoms with Gasteiger partial charge in [0, 0.05) is 19.6 Å². The molecule has 0 aromatic heterocycles. The molecule has 2 N–H and O–H groups in total. The van der Waals surface area contributed by atoms with Crippen LogP contribution in [0.1, 0.15) is 40.0 Å². The van der Waals surface area contributed by atoms with E-state index < -0.39 is 5.60 Å². The van der Waals surface area contributed by atoms with Crippen molar-refractivity contribution in [1.29, 1.82) is 0 Å². The van der Waals surface area contributed by atoms with E-state index in [0.29, 0.717) is 24.5 Å². The van der Waals surface area contributed by atoms with Crippen LogP contribution in [-0.2, 0) is 4.74 Å². The number of nitrogens with zero attached hydrogens (tertiary/aromatic N) is 2. The van der Waals surface area contributed by atoms with Gasteiger partial charge in [-0.15, -0.1) is 0 Å². The van der Waals surface area contributed by atoms with Crippen LogP contribution < -0.4 is 10.6 Å². The maximum atomic E-state index is 14.1. The van der Waals surface area contributed by atoms with Crippen LogP contribution in [0, 0.1) is 5.82 Å². The summed E-state index contributed by atoms with van der Waals surface area (Å²) < 4.78 is 19.6. The molecular formula is C18H26FN3O2. The maximum Gasteiger partial charge on any atom is 0.410 e. The number of nitrogens with two attached hydrogens (primary N) is 1. The Morgan fingerprint density at radius 3 is 2.33 bits per heavy atom. The normalized spacial score (nSPS) is 20.0. The zero-order valence-electron chi connectivity index (χ0n) is 14.6. The topological polar surface area (TPSA) is 58.8 Å². The van der Waals surface area contributed by atoms with E-state index in [-0.39, 0.29) is 17.4 Å². The SMILES string of the molecule is CC(C)(C)OC(=O)N1CCC12CCN(c1c(N)cccc1F)CC2. The first kappa shape index (κ1) is 16.9.